The van der Waals surface area contributed by atoms with E-state index >= 15 is 0 Å². The molecule has 4 N–H and O–H groups in total. The minimum atomic E-state index is -1.37. The average molecular weight is 1740 g/mol. The quantitative estimate of drug-likeness (QED) is 0.0235. The maximum atomic E-state index is 14.3. The van der Waals surface area contributed by atoms with Crippen LogP contribution >= 0.6 is 59.1 Å². The Morgan fingerprint density at radius 3 is 1.21 bits per heavy atom. The van der Waals surface area contributed by atoms with Crippen molar-refractivity contribution in [2.24, 2.45) is 21.1 Å². The number of thioether (sulfide) groups is 2. The predicted molar refractivity (Wildman–Crippen MR) is 408 cm³/mol. The van der Waals surface area contributed by atoms with Crippen LogP contribution in [0.1, 0.15) is 21.8 Å². The zero-order valence-corrected chi connectivity index (χ0v) is 63.1. The second-order valence-corrected chi connectivity index (χ2v) is 25.4. The number of aromatic amines is 4. The molecule has 1 saturated heterocycles. The summed E-state index contributed by atoms with van der Waals surface area (Å²) in [5.74, 6) is -0.680. The molecule has 1 aliphatic heterocycles. The molecule has 0 saturated carbocycles. The maximum absolute atomic E-state index is 14.3. The fraction of sp³-hybridized carbons (Fsp3) is 0.183. The minimum absolute atomic E-state index is 0. The van der Waals surface area contributed by atoms with E-state index in [4.69, 9.17) is 26.3 Å². The van der Waals surface area contributed by atoms with Gasteiger partial charge in [0.05, 0.1) is 87.0 Å². The van der Waals surface area contributed by atoms with Gasteiger partial charge in [0.1, 0.15) is 28.4 Å². The summed E-state index contributed by atoms with van der Waals surface area (Å²) in [6, 6.07) is 32.3. The van der Waals surface area contributed by atoms with Crippen molar-refractivity contribution in [1.29, 1.82) is 0 Å². The van der Waals surface area contributed by atoms with Crippen molar-refractivity contribution < 1.29 is 47.6 Å². The van der Waals surface area contributed by atoms with Crippen molar-refractivity contribution in [1.82, 2.24) is 89.1 Å². The normalized spacial score (nSPS) is 12.7. The van der Waals surface area contributed by atoms with Crippen LogP contribution in [0.4, 0.5) is 23.5 Å². The average Bonchev–Trinajstić information content (AvgIpc) is 1.46. The number of nitrogens with zero attached hydrogens (tertiary/aromatic N) is 15. The molecule has 0 amide bonds. The molecular formula is C71H70ClF4IN19O2S3W-. The number of benzene rings is 4. The van der Waals surface area contributed by atoms with E-state index < -0.39 is 10.8 Å². The summed E-state index contributed by atoms with van der Waals surface area (Å²) < 4.78 is 78.7. The third kappa shape index (κ3) is 17.0. The van der Waals surface area contributed by atoms with E-state index in [1.54, 1.807) is 70.4 Å². The third-order valence-corrected chi connectivity index (χ3v) is 17.9. The van der Waals surface area contributed by atoms with Crippen LogP contribution in [0.15, 0.2) is 174 Å². The Kier molecular flexibility index (Phi) is 26.5. The number of aryl methyl sites for hydroxylation is 3. The second kappa shape index (κ2) is 34.3. The Morgan fingerprint density at radius 2 is 0.833 bits per heavy atom. The molecule has 0 bridgehead atoms. The smallest absolute Gasteiger partial charge is 0.226 e. The van der Waals surface area contributed by atoms with Crippen molar-refractivity contribution in [3.8, 4) is 79.2 Å². The van der Waals surface area contributed by atoms with Gasteiger partial charge < -0.3 is 37.0 Å². The molecule has 528 valence electrons. The standard InChI is InChI=1S/C21H21FN6O.C17H14FN5OS.C17H14FN5S.C13H9ClFN3S.2CH4.CH3.HI.W/c1-13-12-29-8-7-28(13)21-25-18(11-19(26-21)20-4-6-24-27(20)2)16-9-14(22)10-17-15(16)3-5-23-17;1-23-16(4-6-20-23)15-9-14(21-17(22-15)25(2)24)12-7-10(18)8-13-11(12)3-5-19-13;1-23-16(4-6-20-23)15-9-14(21-17(22-15)24-2)12-7-10(18)8-13-11(12)3-5-19-13;1-19-13-17-11(6-12(14)18-13)9-4-7(15)5-10-8(9)2-3-16-10;;;;;/h3-6,9-11,13,23H,7-8,12H2,1-2H3;3-9,19H,1-2H3;3-9,19H,1-2H3;2-6,16H,1H3;2*1H4;1H3;1H;/q;;;;;;-1;;/t13-;;;;;;;;/m1......../s1. The number of aromatic nitrogens is 18. The second-order valence-electron chi connectivity index (χ2n) is 22.2. The summed E-state index contributed by atoms with van der Waals surface area (Å²) in [6.45, 7) is 4.04. The largest absolute Gasteiger partial charge is 0.377 e. The first-order chi connectivity index (χ1) is 46.9. The molecule has 4 aromatic carbocycles. The van der Waals surface area contributed by atoms with E-state index in [0.29, 0.717) is 86.3 Å². The fourth-order valence-electron chi connectivity index (χ4n) is 11.3. The van der Waals surface area contributed by atoms with Gasteiger partial charge in [0.2, 0.25) is 11.1 Å². The van der Waals surface area contributed by atoms with Crippen LogP contribution in [0.3, 0.4) is 0 Å². The number of nitrogens with one attached hydrogen (secondary N) is 4. The third-order valence-electron chi connectivity index (χ3n) is 15.9. The van der Waals surface area contributed by atoms with Crippen molar-refractivity contribution >= 4 is 119 Å². The number of rotatable bonds is 11. The van der Waals surface area contributed by atoms with Crippen LogP contribution in [0.2, 0.25) is 5.15 Å². The molecule has 0 aliphatic carbocycles. The Balaban J connectivity index is 0.000000171. The summed E-state index contributed by atoms with van der Waals surface area (Å²) in [7, 11) is 4.16. The number of fused-ring (bicyclic) bond motifs is 4. The van der Waals surface area contributed by atoms with Gasteiger partial charge in [-0.1, -0.05) is 50.0 Å². The van der Waals surface area contributed by atoms with Gasteiger partial charge in [0.25, 0.3) is 0 Å². The molecule has 12 heterocycles. The molecule has 2 atom stereocenters. The van der Waals surface area contributed by atoms with Crippen LogP contribution in [-0.2, 0) is 57.7 Å². The molecule has 1 aliphatic rings. The number of morpholine rings is 1. The zero-order chi connectivity index (χ0) is 67.6. The van der Waals surface area contributed by atoms with Crippen LogP contribution in [0.5, 0.6) is 0 Å². The molecule has 31 heteroatoms. The van der Waals surface area contributed by atoms with Gasteiger partial charge in [0, 0.05) is 170 Å². The van der Waals surface area contributed by atoms with Gasteiger partial charge in [-0.25, -0.2) is 57.4 Å². The monoisotopic (exact) mass is 1740 g/mol. The van der Waals surface area contributed by atoms with Crippen molar-refractivity contribution in [3.05, 3.63) is 194 Å². The number of hydrogen-bond donors (Lipinski definition) is 4. The van der Waals surface area contributed by atoms with Gasteiger partial charge in [-0.05, 0) is 129 Å². The van der Waals surface area contributed by atoms with Crippen molar-refractivity contribution in [2.45, 2.75) is 43.3 Å². The van der Waals surface area contributed by atoms with Crippen LogP contribution in [0.25, 0.3) is 123 Å². The first-order valence-corrected chi connectivity index (χ1v) is 34.3. The maximum Gasteiger partial charge on any atom is 0.226 e. The number of hydrogen-bond acceptors (Lipinski definition) is 16. The molecule has 0 radical (unpaired) electrons. The molecule has 1 unspecified atom stereocenters. The molecular weight excluding hydrogens is 1670 g/mol. The topological polar surface area (TPSA) is 249 Å². The molecule has 102 heavy (non-hydrogen) atoms. The Morgan fingerprint density at radius 1 is 0.500 bits per heavy atom. The van der Waals surface area contributed by atoms with Gasteiger partial charge in [-0.2, -0.15) is 15.3 Å². The van der Waals surface area contributed by atoms with E-state index in [1.807, 2.05) is 87.4 Å². The van der Waals surface area contributed by atoms with E-state index in [0.717, 1.165) is 77.7 Å². The zero-order valence-electron chi connectivity index (χ0n) is 54.7. The summed E-state index contributed by atoms with van der Waals surface area (Å²) in [5, 5.41) is 17.9. The molecule has 1 fully saturated rings. The van der Waals surface area contributed by atoms with Gasteiger partial charge in [0.15, 0.2) is 10.3 Å². The summed E-state index contributed by atoms with van der Waals surface area (Å²) in [6.07, 6.45) is 17.5. The van der Waals surface area contributed by atoms with E-state index in [1.165, 1.54) is 78.3 Å². The first kappa shape index (κ1) is 78.7. The Labute approximate surface area is 632 Å². The molecule has 21 nitrogen and oxygen atoms in total. The summed E-state index contributed by atoms with van der Waals surface area (Å²) >= 11 is 8.83. The van der Waals surface area contributed by atoms with Crippen LogP contribution in [-0.4, -0.2) is 138 Å². The minimum Gasteiger partial charge on any atom is -0.377 e. The van der Waals surface area contributed by atoms with Gasteiger partial charge in [-0.3, -0.25) is 18.3 Å². The fourth-order valence-corrected chi connectivity index (χ4v) is 12.8. The predicted octanol–water partition coefficient (Wildman–Crippen LogP) is 16.7. The van der Waals surface area contributed by atoms with E-state index in [2.05, 4.69) is 77.0 Å². The Hall–Kier alpha value is -8.97. The first-order valence-electron chi connectivity index (χ1n) is 30.0. The van der Waals surface area contributed by atoms with Crippen molar-refractivity contribution in [3.63, 3.8) is 0 Å². The van der Waals surface area contributed by atoms with Gasteiger partial charge >= 0.3 is 0 Å². The van der Waals surface area contributed by atoms with Gasteiger partial charge in [-0.15, -0.1) is 24.0 Å². The summed E-state index contributed by atoms with van der Waals surface area (Å²) in [5.41, 5.74) is 12.8. The number of anilines is 1. The molecule has 15 aromatic rings. The molecule has 0 spiro atoms. The van der Waals surface area contributed by atoms with Crippen LogP contribution < -0.4 is 4.90 Å². The van der Waals surface area contributed by atoms with Crippen LogP contribution in [0, 0.1) is 30.7 Å². The Bertz CT molecular complexity index is 5430. The van der Waals surface area contributed by atoms with E-state index in [9.17, 15) is 21.8 Å². The van der Waals surface area contributed by atoms with Crippen molar-refractivity contribution in [2.75, 3.05) is 43.4 Å². The number of halogens is 6. The van der Waals surface area contributed by atoms with E-state index in [-0.39, 0.29) is 102 Å². The summed E-state index contributed by atoms with van der Waals surface area (Å²) in [4.78, 5) is 50.3. The molecule has 16 rings (SSSR count). The number of H-pyrrole nitrogens is 4. The SMILES string of the molecule is C.C.CSc1nc(-c2cc(F)cc3[nH]ccc23)cc(-c2ccnn2C)n1.CSc1nc(Cl)cc(-c2cc(F)cc3[nH]ccc23)n1.C[C@@H]1COCCN1c1nc(-c2cc(F)cc3[nH]ccc23)cc(-c2ccnn2C)n1.Cn1nccc1-c1cc(-c2cc(F)cc3[nH]ccc23)nc(S(C)=O)n1.I.[CH3-].[W]. The number of ether oxygens (including phenoxy) is 1. The molecule has 11 aromatic heterocycles.